The van der Waals surface area contributed by atoms with Gasteiger partial charge in [-0.25, -0.2) is 0 Å². The number of hydrogen-bond acceptors (Lipinski definition) is 6. The lowest BCUT2D eigenvalue weighted by Crippen LogP contribution is -2.32. The van der Waals surface area contributed by atoms with Crippen molar-refractivity contribution in [2.24, 2.45) is 5.92 Å². The van der Waals surface area contributed by atoms with Crippen LogP contribution in [-0.2, 0) is 14.3 Å². The van der Waals surface area contributed by atoms with Gasteiger partial charge in [0.2, 0.25) is 0 Å². The second kappa shape index (κ2) is 12.0. The highest BCUT2D eigenvalue weighted by molar-refractivity contribution is 6.46. The third-order valence-electron chi connectivity index (χ3n) is 6.25. The average molecular weight is 516 g/mol. The van der Waals surface area contributed by atoms with Crippen LogP contribution in [0, 0.1) is 12.8 Å². The van der Waals surface area contributed by atoms with Crippen molar-refractivity contribution in [1.29, 1.82) is 0 Å². The molecule has 0 aliphatic carbocycles. The van der Waals surface area contributed by atoms with Gasteiger partial charge in [-0.1, -0.05) is 44.2 Å². The van der Waals surface area contributed by atoms with Crippen LogP contribution < -0.4 is 9.47 Å². The van der Waals surface area contributed by atoms with Crippen molar-refractivity contribution in [1.82, 2.24) is 4.90 Å². The standard InChI is InChI=1S/C31H33NO6/c1-20(2)19-37-26-14-13-23(17-21(26)3)29(33)27-28(32(15-16-36-4)31(35)30(27)34)22-9-8-12-25(18-22)38-24-10-6-5-7-11-24/h5-14,17-18,20,28,33H,15-16,19H2,1-4H3/t28-/m0/s1. The normalized spacial score (nSPS) is 16.8. The number of rotatable bonds is 10. The Kier molecular flexibility index (Phi) is 8.48. The second-order valence-corrected chi connectivity index (χ2v) is 9.66. The maximum absolute atomic E-state index is 13.3. The van der Waals surface area contributed by atoms with Crippen LogP contribution in [0.3, 0.4) is 0 Å². The number of aliphatic hydroxyl groups excluding tert-OH is 1. The van der Waals surface area contributed by atoms with Gasteiger partial charge in [0.05, 0.1) is 24.8 Å². The molecule has 0 unspecified atom stereocenters. The summed E-state index contributed by atoms with van der Waals surface area (Å²) in [5.41, 5.74) is 1.92. The minimum Gasteiger partial charge on any atom is -0.507 e. The number of amides is 1. The van der Waals surface area contributed by atoms with Crippen LogP contribution in [-0.4, -0.2) is 48.6 Å². The van der Waals surface area contributed by atoms with E-state index < -0.39 is 17.7 Å². The molecule has 3 aromatic rings. The molecule has 1 atom stereocenters. The number of ketones is 1. The lowest BCUT2D eigenvalue weighted by molar-refractivity contribution is -0.140. The minimum atomic E-state index is -0.804. The number of carbonyl (C=O) groups is 2. The molecule has 1 amide bonds. The van der Waals surface area contributed by atoms with Gasteiger partial charge < -0.3 is 24.2 Å². The number of nitrogens with zero attached hydrogens (tertiary/aromatic N) is 1. The quantitative estimate of drug-likeness (QED) is 0.206. The summed E-state index contributed by atoms with van der Waals surface area (Å²) in [6, 6.07) is 21.0. The van der Waals surface area contributed by atoms with E-state index in [-0.39, 0.29) is 24.5 Å². The summed E-state index contributed by atoms with van der Waals surface area (Å²) in [6.45, 7) is 7.01. The Balaban J connectivity index is 1.76. The van der Waals surface area contributed by atoms with Crippen molar-refractivity contribution in [2.45, 2.75) is 26.8 Å². The summed E-state index contributed by atoms with van der Waals surface area (Å²) in [5.74, 6) is 0.626. The van der Waals surface area contributed by atoms with Crippen LogP contribution in [0.1, 0.15) is 36.6 Å². The Morgan fingerprint density at radius 1 is 0.974 bits per heavy atom. The largest absolute Gasteiger partial charge is 0.507 e. The van der Waals surface area contributed by atoms with Crippen LogP contribution >= 0.6 is 0 Å². The SMILES string of the molecule is COCCN1C(=O)C(=O)C(=C(O)c2ccc(OCC(C)C)c(C)c2)[C@@H]1c1cccc(Oc2ccccc2)c1. The van der Waals surface area contributed by atoms with E-state index in [1.807, 2.05) is 43.3 Å². The topological polar surface area (TPSA) is 85.3 Å². The minimum absolute atomic E-state index is 0.0261. The molecule has 1 N–H and O–H groups in total. The number of likely N-dealkylation sites (tertiary alicyclic amines) is 1. The van der Waals surface area contributed by atoms with E-state index in [9.17, 15) is 14.7 Å². The predicted molar refractivity (Wildman–Crippen MR) is 145 cm³/mol. The summed E-state index contributed by atoms with van der Waals surface area (Å²) < 4.78 is 17.0. The maximum atomic E-state index is 13.3. The van der Waals surface area contributed by atoms with Gasteiger partial charge in [0.1, 0.15) is 23.0 Å². The van der Waals surface area contributed by atoms with Gasteiger partial charge in [-0.15, -0.1) is 0 Å². The first-order valence-corrected chi connectivity index (χ1v) is 12.6. The molecule has 1 heterocycles. The molecule has 7 heteroatoms. The number of ether oxygens (including phenoxy) is 3. The zero-order valence-corrected chi connectivity index (χ0v) is 22.1. The van der Waals surface area contributed by atoms with Crippen molar-refractivity contribution in [3.05, 3.63) is 95.1 Å². The summed E-state index contributed by atoms with van der Waals surface area (Å²) in [4.78, 5) is 27.8. The van der Waals surface area contributed by atoms with E-state index in [1.165, 1.54) is 12.0 Å². The molecule has 1 fully saturated rings. The summed E-state index contributed by atoms with van der Waals surface area (Å²) >= 11 is 0. The van der Waals surface area contributed by atoms with E-state index in [2.05, 4.69) is 13.8 Å². The number of hydrogen-bond donors (Lipinski definition) is 1. The smallest absolute Gasteiger partial charge is 0.295 e. The lowest BCUT2D eigenvalue weighted by Gasteiger charge is -2.25. The summed E-state index contributed by atoms with van der Waals surface area (Å²) in [5, 5.41) is 11.4. The fourth-order valence-electron chi connectivity index (χ4n) is 4.39. The number of methoxy groups -OCH3 is 1. The highest BCUT2D eigenvalue weighted by atomic mass is 16.5. The van der Waals surface area contributed by atoms with Gasteiger partial charge in [-0.2, -0.15) is 0 Å². The average Bonchev–Trinajstić information content (AvgIpc) is 3.16. The highest BCUT2D eigenvalue weighted by Gasteiger charge is 2.46. The van der Waals surface area contributed by atoms with Crippen LogP contribution in [0.5, 0.6) is 17.2 Å². The molecule has 4 rings (SSSR count). The Bertz CT molecular complexity index is 1330. The summed E-state index contributed by atoms with van der Waals surface area (Å²) in [6.07, 6.45) is 0. The van der Waals surface area contributed by atoms with E-state index in [1.54, 1.807) is 36.4 Å². The first kappa shape index (κ1) is 26.9. The Hall–Kier alpha value is -4.10. The Labute approximate surface area is 223 Å². The number of para-hydroxylation sites is 1. The zero-order chi connectivity index (χ0) is 27.2. The van der Waals surface area contributed by atoms with Gasteiger partial charge in [-0.3, -0.25) is 9.59 Å². The third-order valence-corrected chi connectivity index (χ3v) is 6.25. The number of carbonyl (C=O) groups excluding carboxylic acids is 2. The molecule has 1 aliphatic heterocycles. The second-order valence-electron chi connectivity index (χ2n) is 9.66. The van der Waals surface area contributed by atoms with Gasteiger partial charge in [-0.05, 0) is 66.4 Å². The van der Waals surface area contributed by atoms with E-state index >= 15 is 0 Å². The van der Waals surface area contributed by atoms with Crippen LogP contribution in [0.2, 0.25) is 0 Å². The highest BCUT2D eigenvalue weighted by Crippen LogP contribution is 2.41. The number of Topliss-reactive ketones (excluding diaryl/α,β-unsaturated/α-hetero) is 1. The Morgan fingerprint density at radius 2 is 1.71 bits per heavy atom. The monoisotopic (exact) mass is 515 g/mol. The molecule has 3 aromatic carbocycles. The summed E-state index contributed by atoms with van der Waals surface area (Å²) in [7, 11) is 1.53. The van der Waals surface area contributed by atoms with Crippen LogP contribution in [0.15, 0.2) is 78.4 Å². The fourth-order valence-corrected chi connectivity index (χ4v) is 4.39. The molecule has 0 spiro atoms. The predicted octanol–water partition coefficient (Wildman–Crippen LogP) is 5.89. The first-order chi connectivity index (χ1) is 18.3. The van der Waals surface area contributed by atoms with Crippen LogP contribution in [0.4, 0.5) is 0 Å². The number of aliphatic hydroxyl groups is 1. The third kappa shape index (κ3) is 5.89. The zero-order valence-electron chi connectivity index (χ0n) is 22.1. The molecule has 38 heavy (non-hydrogen) atoms. The molecule has 1 saturated heterocycles. The van der Waals surface area contributed by atoms with Gasteiger partial charge in [0.25, 0.3) is 11.7 Å². The molecule has 0 saturated carbocycles. The lowest BCUT2D eigenvalue weighted by atomic mass is 9.94. The van der Waals surface area contributed by atoms with Crippen LogP contribution in [0.25, 0.3) is 5.76 Å². The molecule has 0 aromatic heterocycles. The van der Waals surface area contributed by atoms with Crippen molar-refractivity contribution < 1.29 is 28.9 Å². The Morgan fingerprint density at radius 3 is 2.39 bits per heavy atom. The number of benzene rings is 3. The van der Waals surface area contributed by atoms with E-state index in [0.29, 0.717) is 40.9 Å². The van der Waals surface area contributed by atoms with Gasteiger partial charge in [0.15, 0.2) is 0 Å². The van der Waals surface area contributed by atoms with Gasteiger partial charge >= 0.3 is 0 Å². The van der Waals surface area contributed by atoms with Crippen molar-refractivity contribution in [2.75, 3.05) is 26.9 Å². The van der Waals surface area contributed by atoms with Crippen molar-refractivity contribution >= 4 is 17.4 Å². The molecule has 198 valence electrons. The van der Waals surface area contributed by atoms with E-state index in [4.69, 9.17) is 14.2 Å². The maximum Gasteiger partial charge on any atom is 0.295 e. The first-order valence-electron chi connectivity index (χ1n) is 12.6. The molecule has 7 nitrogen and oxygen atoms in total. The van der Waals surface area contributed by atoms with Crippen molar-refractivity contribution in [3.8, 4) is 17.2 Å². The number of aryl methyl sites for hydroxylation is 1. The van der Waals surface area contributed by atoms with Gasteiger partial charge in [0, 0.05) is 19.2 Å². The molecular formula is C31H33NO6. The molecular weight excluding hydrogens is 482 g/mol. The molecule has 0 bridgehead atoms. The molecule has 0 radical (unpaired) electrons. The fraction of sp³-hybridized carbons (Fsp3) is 0.290. The van der Waals surface area contributed by atoms with E-state index in [0.717, 1.165) is 5.56 Å². The molecule has 1 aliphatic rings. The van der Waals surface area contributed by atoms with Crippen molar-refractivity contribution in [3.63, 3.8) is 0 Å².